The fourth-order valence-corrected chi connectivity index (χ4v) is 3.11. The summed E-state index contributed by atoms with van der Waals surface area (Å²) in [5.74, 6) is 0.398. The van der Waals surface area contributed by atoms with Gasteiger partial charge in [0.1, 0.15) is 5.75 Å². The van der Waals surface area contributed by atoms with Gasteiger partial charge in [-0.2, -0.15) is 0 Å². The Hall–Kier alpha value is -1.77. The Labute approximate surface area is 153 Å². The predicted molar refractivity (Wildman–Crippen MR) is 99.4 cm³/mol. The Kier molecular flexibility index (Phi) is 6.89. The summed E-state index contributed by atoms with van der Waals surface area (Å²) in [5.41, 5.74) is 1.39. The Morgan fingerprint density at radius 3 is 2.62 bits per heavy atom. The maximum absolute atomic E-state index is 12.0. The van der Waals surface area contributed by atoms with Gasteiger partial charge in [-0.05, 0) is 18.6 Å². The quantitative estimate of drug-likeness (QED) is 0.763. The zero-order chi connectivity index (χ0) is 17.5. The standard InChI is InChI=1S/C15H16ClN3O3S2/c1-9-5-11(12(22-2)6-10(9)16)18-13(20)7-23-8-14(21)19-15-17-3-4-24-15/h3-6H,7-8H2,1-2H3,(H,18,20)(H,17,19,21). The third-order valence-electron chi connectivity index (χ3n) is 2.90. The molecule has 1 aromatic carbocycles. The minimum absolute atomic E-state index is 0.149. The van der Waals surface area contributed by atoms with Gasteiger partial charge in [0.25, 0.3) is 0 Å². The van der Waals surface area contributed by atoms with Gasteiger partial charge in [-0.3, -0.25) is 9.59 Å². The van der Waals surface area contributed by atoms with Crippen molar-refractivity contribution < 1.29 is 14.3 Å². The maximum Gasteiger partial charge on any atom is 0.236 e. The number of nitrogens with one attached hydrogen (secondary N) is 2. The number of nitrogens with zero attached hydrogens (tertiary/aromatic N) is 1. The third kappa shape index (κ3) is 5.40. The SMILES string of the molecule is COc1cc(Cl)c(C)cc1NC(=O)CSCC(=O)Nc1nccs1. The number of halogens is 1. The fourth-order valence-electron chi connectivity index (χ4n) is 1.79. The number of hydrogen-bond donors (Lipinski definition) is 2. The Bertz CT molecular complexity index is 723. The number of thioether (sulfide) groups is 1. The number of rotatable bonds is 7. The topological polar surface area (TPSA) is 80.3 Å². The van der Waals surface area contributed by atoms with E-state index < -0.39 is 0 Å². The zero-order valence-electron chi connectivity index (χ0n) is 13.1. The zero-order valence-corrected chi connectivity index (χ0v) is 15.5. The van der Waals surface area contributed by atoms with Crippen molar-refractivity contribution in [3.05, 3.63) is 34.3 Å². The molecule has 2 N–H and O–H groups in total. The minimum atomic E-state index is -0.220. The lowest BCUT2D eigenvalue weighted by molar-refractivity contribution is -0.114. The molecule has 0 unspecified atom stereocenters. The first kappa shape index (κ1) is 18.6. The van der Waals surface area contributed by atoms with E-state index in [4.69, 9.17) is 16.3 Å². The highest BCUT2D eigenvalue weighted by atomic mass is 35.5. The van der Waals surface area contributed by atoms with Crippen molar-refractivity contribution in [2.75, 3.05) is 29.2 Å². The first-order chi connectivity index (χ1) is 11.5. The molecule has 0 atom stereocenters. The molecule has 0 saturated carbocycles. The Morgan fingerprint density at radius 1 is 1.29 bits per heavy atom. The lowest BCUT2D eigenvalue weighted by Gasteiger charge is -2.12. The number of anilines is 2. The second-order valence-electron chi connectivity index (χ2n) is 4.73. The number of carbonyl (C=O) groups is 2. The van der Waals surface area contributed by atoms with E-state index in [1.165, 1.54) is 30.2 Å². The molecular weight excluding hydrogens is 370 g/mol. The van der Waals surface area contributed by atoms with Crippen LogP contribution in [0.15, 0.2) is 23.7 Å². The van der Waals surface area contributed by atoms with E-state index >= 15 is 0 Å². The Morgan fingerprint density at radius 2 is 2.00 bits per heavy atom. The molecule has 0 aliphatic heterocycles. The normalized spacial score (nSPS) is 10.3. The van der Waals surface area contributed by atoms with Crippen LogP contribution in [0.2, 0.25) is 5.02 Å². The number of aromatic nitrogens is 1. The van der Waals surface area contributed by atoms with Crippen LogP contribution in [-0.2, 0) is 9.59 Å². The third-order valence-corrected chi connectivity index (χ3v) is 4.93. The van der Waals surface area contributed by atoms with E-state index in [-0.39, 0.29) is 23.3 Å². The van der Waals surface area contributed by atoms with Crippen molar-refractivity contribution >= 4 is 57.3 Å². The minimum Gasteiger partial charge on any atom is -0.495 e. The van der Waals surface area contributed by atoms with Crippen molar-refractivity contribution in [2.45, 2.75) is 6.92 Å². The van der Waals surface area contributed by atoms with E-state index in [0.717, 1.165) is 5.56 Å². The fraction of sp³-hybridized carbons (Fsp3) is 0.267. The van der Waals surface area contributed by atoms with Crippen LogP contribution in [0.4, 0.5) is 10.8 Å². The van der Waals surface area contributed by atoms with Crippen LogP contribution in [-0.4, -0.2) is 35.4 Å². The smallest absolute Gasteiger partial charge is 0.236 e. The van der Waals surface area contributed by atoms with E-state index in [1.807, 2.05) is 6.92 Å². The van der Waals surface area contributed by atoms with Crippen molar-refractivity contribution in [1.29, 1.82) is 0 Å². The number of carbonyl (C=O) groups excluding carboxylic acids is 2. The van der Waals surface area contributed by atoms with Crippen LogP contribution < -0.4 is 15.4 Å². The first-order valence-electron chi connectivity index (χ1n) is 6.90. The summed E-state index contributed by atoms with van der Waals surface area (Å²) < 4.78 is 5.21. The molecule has 0 aliphatic rings. The largest absolute Gasteiger partial charge is 0.495 e. The number of amides is 2. The number of benzene rings is 1. The van der Waals surface area contributed by atoms with Gasteiger partial charge in [-0.15, -0.1) is 23.1 Å². The molecule has 24 heavy (non-hydrogen) atoms. The van der Waals surface area contributed by atoms with Crippen LogP contribution in [0.3, 0.4) is 0 Å². The van der Waals surface area contributed by atoms with Crippen molar-refractivity contribution in [1.82, 2.24) is 4.98 Å². The van der Waals surface area contributed by atoms with Crippen molar-refractivity contribution in [3.8, 4) is 5.75 Å². The molecule has 0 saturated heterocycles. The molecule has 0 radical (unpaired) electrons. The summed E-state index contributed by atoms with van der Waals surface area (Å²) in [6.45, 7) is 1.84. The Balaban J connectivity index is 1.81. The summed E-state index contributed by atoms with van der Waals surface area (Å²) in [4.78, 5) is 27.7. The van der Waals surface area contributed by atoms with Gasteiger partial charge in [0.2, 0.25) is 11.8 Å². The monoisotopic (exact) mass is 385 g/mol. The molecule has 1 heterocycles. The van der Waals surface area contributed by atoms with Gasteiger partial charge in [0.15, 0.2) is 5.13 Å². The molecule has 0 aliphatic carbocycles. The van der Waals surface area contributed by atoms with Crippen LogP contribution >= 0.6 is 34.7 Å². The second-order valence-corrected chi connectivity index (χ2v) is 7.02. The summed E-state index contributed by atoms with van der Waals surface area (Å²) >= 11 is 8.59. The van der Waals surface area contributed by atoms with Crippen LogP contribution in [0.25, 0.3) is 0 Å². The molecule has 6 nitrogen and oxygen atoms in total. The highest BCUT2D eigenvalue weighted by Crippen LogP contribution is 2.31. The molecule has 9 heteroatoms. The number of methoxy groups -OCH3 is 1. The maximum atomic E-state index is 12.0. The molecular formula is C15H16ClN3O3S2. The van der Waals surface area contributed by atoms with Crippen LogP contribution in [0.1, 0.15) is 5.56 Å². The molecule has 128 valence electrons. The average molecular weight is 386 g/mol. The van der Waals surface area contributed by atoms with E-state index in [2.05, 4.69) is 15.6 Å². The molecule has 2 aromatic rings. The van der Waals surface area contributed by atoms with Crippen molar-refractivity contribution in [2.24, 2.45) is 0 Å². The molecule has 1 aromatic heterocycles. The molecule has 0 fully saturated rings. The summed E-state index contributed by atoms with van der Waals surface area (Å²) in [5, 5.41) is 8.31. The van der Waals surface area contributed by atoms with E-state index in [1.54, 1.807) is 23.7 Å². The first-order valence-corrected chi connectivity index (χ1v) is 9.32. The summed E-state index contributed by atoms with van der Waals surface area (Å²) in [6.07, 6.45) is 1.61. The van der Waals surface area contributed by atoms with Gasteiger partial charge in [-0.25, -0.2) is 4.98 Å². The lowest BCUT2D eigenvalue weighted by Crippen LogP contribution is -2.18. The van der Waals surface area contributed by atoms with Gasteiger partial charge >= 0.3 is 0 Å². The summed E-state index contributed by atoms with van der Waals surface area (Å²) in [6, 6.07) is 3.40. The highest BCUT2D eigenvalue weighted by molar-refractivity contribution is 8.00. The number of aryl methyl sites for hydroxylation is 1. The predicted octanol–water partition coefficient (Wildman–Crippen LogP) is 3.42. The van der Waals surface area contributed by atoms with E-state index in [9.17, 15) is 9.59 Å². The molecule has 0 bridgehead atoms. The number of ether oxygens (including phenoxy) is 1. The molecule has 2 amide bonds. The van der Waals surface area contributed by atoms with Gasteiger partial charge in [-0.1, -0.05) is 11.6 Å². The van der Waals surface area contributed by atoms with Gasteiger partial charge < -0.3 is 15.4 Å². The second kappa shape index (κ2) is 8.91. The van der Waals surface area contributed by atoms with Gasteiger partial charge in [0, 0.05) is 22.7 Å². The number of thiazole rings is 1. The van der Waals surface area contributed by atoms with E-state index in [0.29, 0.717) is 21.6 Å². The molecule has 0 spiro atoms. The lowest BCUT2D eigenvalue weighted by atomic mass is 10.2. The number of hydrogen-bond acceptors (Lipinski definition) is 6. The highest BCUT2D eigenvalue weighted by Gasteiger charge is 2.11. The van der Waals surface area contributed by atoms with Crippen LogP contribution in [0, 0.1) is 6.92 Å². The summed E-state index contributed by atoms with van der Waals surface area (Å²) in [7, 11) is 1.51. The van der Waals surface area contributed by atoms with Crippen molar-refractivity contribution in [3.63, 3.8) is 0 Å². The molecule has 2 rings (SSSR count). The van der Waals surface area contributed by atoms with Gasteiger partial charge in [0.05, 0.1) is 24.3 Å². The van der Waals surface area contributed by atoms with Crippen LogP contribution in [0.5, 0.6) is 5.75 Å². The average Bonchev–Trinajstić information content (AvgIpc) is 3.03.